The molecular formula is C12H10ClN3O2S. The predicted octanol–water partition coefficient (Wildman–Crippen LogP) is 1.92. The number of H-pyrrole nitrogens is 1. The molecule has 1 aromatic heterocycles. The molecule has 0 aliphatic rings. The van der Waals surface area contributed by atoms with E-state index in [2.05, 4.69) is 10.1 Å². The molecule has 1 N–H and O–H groups in total. The Morgan fingerprint density at radius 3 is 2.68 bits per heavy atom. The van der Waals surface area contributed by atoms with Crippen LogP contribution >= 0.6 is 23.8 Å². The fraction of sp³-hybridized carbons (Fsp3) is 0.167. The molecule has 0 saturated carbocycles. The average Bonchev–Trinajstić information content (AvgIpc) is 2.36. The van der Waals surface area contributed by atoms with Crippen molar-refractivity contribution in [1.29, 1.82) is 0 Å². The molecular weight excluding hydrogens is 286 g/mol. The normalized spacial score (nSPS) is 10.4. The lowest BCUT2D eigenvalue weighted by Gasteiger charge is -2.03. The first-order chi connectivity index (χ1) is 8.97. The zero-order valence-electron chi connectivity index (χ0n) is 10.0. The largest absolute Gasteiger partial charge is 0.296 e. The second kappa shape index (κ2) is 5.46. The molecule has 0 amide bonds. The minimum atomic E-state index is -0.439. The van der Waals surface area contributed by atoms with Crippen LogP contribution in [-0.2, 0) is 13.5 Å². The van der Waals surface area contributed by atoms with E-state index in [9.17, 15) is 9.59 Å². The number of aryl methyl sites for hydroxylation is 1. The van der Waals surface area contributed by atoms with Gasteiger partial charge in [-0.05, 0) is 36.5 Å². The van der Waals surface area contributed by atoms with Gasteiger partial charge in [0.1, 0.15) is 5.69 Å². The third-order valence-corrected chi connectivity index (χ3v) is 3.16. The molecule has 0 bridgehead atoms. The van der Waals surface area contributed by atoms with E-state index in [4.69, 9.17) is 23.8 Å². The maximum Gasteiger partial charge on any atom is 0.274 e. The highest BCUT2D eigenvalue weighted by molar-refractivity contribution is 7.71. The Morgan fingerprint density at radius 1 is 1.42 bits per heavy atom. The van der Waals surface area contributed by atoms with Gasteiger partial charge in [-0.2, -0.15) is 5.10 Å². The first kappa shape index (κ1) is 13.6. The number of hydrogen-bond donors (Lipinski definition) is 1. The molecule has 1 aromatic carbocycles. The van der Waals surface area contributed by atoms with E-state index >= 15 is 0 Å². The van der Waals surface area contributed by atoms with Crippen LogP contribution in [-0.4, -0.2) is 20.5 Å². The molecule has 98 valence electrons. The number of hydrogen-bond acceptors (Lipinski definition) is 4. The molecule has 0 radical (unpaired) electrons. The van der Waals surface area contributed by atoms with Crippen molar-refractivity contribution in [1.82, 2.24) is 14.8 Å². The number of nitrogens with zero attached hydrogens (tertiary/aromatic N) is 2. The van der Waals surface area contributed by atoms with Gasteiger partial charge in [-0.15, -0.1) is 0 Å². The lowest BCUT2D eigenvalue weighted by atomic mass is 10.1. The zero-order valence-corrected chi connectivity index (χ0v) is 11.6. The summed E-state index contributed by atoms with van der Waals surface area (Å²) in [7, 11) is 1.61. The molecule has 1 heterocycles. The maximum atomic E-state index is 12.0. The second-order valence-electron chi connectivity index (χ2n) is 3.94. The van der Waals surface area contributed by atoms with Gasteiger partial charge in [-0.25, -0.2) is 4.68 Å². The minimum Gasteiger partial charge on any atom is -0.296 e. The smallest absolute Gasteiger partial charge is 0.274 e. The van der Waals surface area contributed by atoms with Gasteiger partial charge in [-0.3, -0.25) is 14.6 Å². The molecule has 5 nitrogen and oxygen atoms in total. The summed E-state index contributed by atoms with van der Waals surface area (Å²) in [4.78, 5) is 26.1. The van der Waals surface area contributed by atoms with Crippen LogP contribution in [0.25, 0.3) is 0 Å². The molecule has 0 aliphatic carbocycles. The van der Waals surface area contributed by atoms with Crippen LogP contribution in [0, 0.1) is 4.77 Å². The third kappa shape index (κ3) is 3.15. The van der Waals surface area contributed by atoms with Gasteiger partial charge in [0.15, 0.2) is 10.6 Å². The van der Waals surface area contributed by atoms with Crippen molar-refractivity contribution >= 4 is 29.6 Å². The molecule has 19 heavy (non-hydrogen) atoms. The standard InChI is InChI=1S/C12H10ClN3O2S/c1-16-12(19)14-11(18)9(15-16)6-10(17)7-2-4-8(13)5-3-7/h2-5H,6H2,1H3,(H,14,18,19). The summed E-state index contributed by atoms with van der Waals surface area (Å²) in [5.41, 5.74) is 0.178. The van der Waals surface area contributed by atoms with Crippen molar-refractivity contribution in [2.24, 2.45) is 7.05 Å². The monoisotopic (exact) mass is 295 g/mol. The fourth-order valence-corrected chi connectivity index (χ4v) is 1.79. The predicted molar refractivity (Wildman–Crippen MR) is 74.1 cm³/mol. The van der Waals surface area contributed by atoms with Crippen LogP contribution in [0.2, 0.25) is 5.02 Å². The molecule has 0 unspecified atom stereocenters. The molecule has 0 saturated heterocycles. The van der Waals surface area contributed by atoms with Gasteiger partial charge in [0.05, 0.1) is 6.42 Å². The summed E-state index contributed by atoms with van der Waals surface area (Å²) in [6, 6.07) is 6.47. The topological polar surface area (TPSA) is 67.8 Å². The maximum absolute atomic E-state index is 12.0. The molecule has 7 heteroatoms. The van der Waals surface area contributed by atoms with E-state index in [1.165, 1.54) is 4.68 Å². The van der Waals surface area contributed by atoms with Gasteiger partial charge in [0.2, 0.25) is 0 Å². The van der Waals surface area contributed by atoms with Gasteiger partial charge in [-0.1, -0.05) is 11.6 Å². The minimum absolute atomic E-state index is 0.0829. The Bertz CT molecular complexity index is 734. The molecule has 2 rings (SSSR count). The summed E-state index contributed by atoms with van der Waals surface area (Å²) in [6.07, 6.45) is -0.0829. The number of aromatic amines is 1. The lowest BCUT2D eigenvalue weighted by Crippen LogP contribution is -2.23. The second-order valence-corrected chi connectivity index (χ2v) is 4.76. The number of carbonyl (C=O) groups is 1. The molecule has 0 spiro atoms. The molecule has 0 aliphatic heterocycles. The van der Waals surface area contributed by atoms with Gasteiger partial charge in [0, 0.05) is 17.6 Å². The van der Waals surface area contributed by atoms with E-state index in [0.717, 1.165) is 0 Å². The summed E-state index contributed by atoms with van der Waals surface area (Å²) in [5.74, 6) is -0.202. The number of aromatic nitrogens is 3. The number of rotatable bonds is 3. The van der Waals surface area contributed by atoms with Crippen molar-refractivity contribution in [3.05, 3.63) is 55.7 Å². The number of halogens is 1. The van der Waals surface area contributed by atoms with E-state index in [-0.39, 0.29) is 22.7 Å². The molecule has 2 aromatic rings. The van der Waals surface area contributed by atoms with Gasteiger partial charge >= 0.3 is 0 Å². The number of nitrogens with one attached hydrogen (secondary N) is 1. The SMILES string of the molecule is Cn1nc(CC(=O)c2ccc(Cl)cc2)c(=O)[nH]c1=S. The van der Waals surface area contributed by atoms with Crippen molar-refractivity contribution in [2.75, 3.05) is 0 Å². The summed E-state index contributed by atoms with van der Waals surface area (Å²) in [5, 5.41) is 4.53. The fourth-order valence-electron chi connectivity index (χ4n) is 1.53. The van der Waals surface area contributed by atoms with Crippen LogP contribution in [0.5, 0.6) is 0 Å². The Balaban J connectivity index is 2.29. The quantitative estimate of drug-likeness (QED) is 0.694. The van der Waals surface area contributed by atoms with Crippen LogP contribution in [0.1, 0.15) is 16.1 Å². The molecule has 0 fully saturated rings. The average molecular weight is 296 g/mol. The first-order valence-electron chi connectivity index (χ1n) is 5.42. The van der Waals surface area contributed by atoms with Crippen LogP contribution in [0.3, 0.4) is 0 Å². The van der Waals surface area contributed by atoms with E-state index in [0.29, 0.717) is 10.6 Å². The first-order valence-corrected chi connectivity index (χ1v) is 6.21. The van der Waals surface area contributed by atoms with Crippen molar-refractivity contribution in [3.63, 3.8) is 0 Å². The summed E-state index contributed by atoms with van der Waals surface area (Å²) < 4.78 is 1.56. The van der Waals surface area contributed by atoms with E-state index < -0.39 is 5.56 Å². The lowest BCUT2D eigenvalue weighted by molar-refractivity contribution is 0.0991. The number of ketones is 1. The van der Waals surface area contributed by atoms with Gasteiger partial charge < -0.3 is 0 Å². The highest BCUT2D eigenvalue weighted by Crippen LogP contribution is 2.10. The highest BCUT2D eigenvalue weighted by atomic mass is 35.5. The van der Waals surface area contributed by atoms with Crippen LogP contribution < -0.4 is 5.56 Å². The Hall–Kier alpha value is -1.79. The zero-order chi connectivity index (χ0) is 14.0. The van der Waals surface area contributed by atoms with E-state index in [1.807, 2.05) is 0 Å². The Morgan fingerprint density at radius 2 is 2.05 bits per heavy atom. The van der Waals surface area contributed by atoms with Crippen LogP contribution in [0.4, 0.5) is 0 Å². The Kier molecular flexibility index (Phi) is 3.92. The summed E-state index contributed by atoms with van der Waals surface area (Å²) >= 11 is 10.6. The third-order valence-electron chi connectivity index (χ3n) is 2.54. The van der Waals surface area contributed by atoms with Crippen molar-refractivity contribution in [2.45, 2.75) is 6.42 Å². The highest BCUT2D eigenvalue weighted by Gasteiger charge is 2.11. The van der Waals surface area contributed by atoms with Gasteiger partial charge in [0.25, 0.3) is 5.56 Å². The van der Waals surface area contributed by atoms with Crippen molar-refractivity contribution in [3.8, 4) is 0 Å². The number of Topliss-reactive ketones (excluding diaryl/α,β-unsaturated/α-hetero) is 1. The van der Waals surface area contributed by atoms with E-state index in [1.54, 1.807) is 31.3 Å². The van der Waals surface area contributed by atoms with Crippen LogP contribution in [0.15, 0.2) is 29.1 Å². The Labute approximate surface area is 118 Å². The van der Waals surface area contributed by atoms with Crippen molar-refractivity contribution < 1.29 is 4.79 Å². The number of carbonyl (C=O) groups excluding carboxylic acids is 1. The summed E-state index contributed by atoms with van der Waals surface area (Å²) in [6.45, 7) is 0. The molecule has 0 atom stereocenters. The number of benzene rings is 1.